The molecule has 0 aromatic heterocycles. The summed E-state index contributed by atoms with van der Waals surface area (Å²) in [7, 11) is 0. The average Bonchev–Trinajstić information content (AvgIpc) is 2.61. The van der Waals surface area contributed by atoms with E-state index in [1.807, 2.05) is 0 Å². The molecule has 25 heavy (non-hydrogen) atoms. The van der Waals surface area contributed by atoms with Gasteiger partial charge in [-0.3, -0.25) is 14.9 Å². The van der Waals surface area contributed by atoms with Crippen molar-refractivity contribution in [1.82, 2.24) is 5.32 Å². The highest BCUT2D eigenvalue weighted by molar-refractivity contribution is 5.76. The fourth-order valence-corrected chi connectivity index (χ4v) is 1.99. The Kier molecular flexibility index (Phi) is 6.70. The van der Waals surface area contributed by atoms with E-state index in [0.717, 1.165) is 5.69 Å². The molecule has 2 N–H and O–H groups in total. The maximum absolute atomic E-state index is 12.7. The summed E-state index contributed by atoms with van der Waals surface area (Å²) < 4.78 is 18.1. The van der Waals surface area contributed by atoms with E-state index < -0.39 is 4.92 Å². The van der Waals surface area contributed by atoms with Gasteiger partial charge in [0.15, 0.2) is 0 Å². The van der Waals surface area contributed by atoms with Crippen molar-refractivity contribution in [2.45, 2.75) is 6.42 Å². The lowest BCUT2D eigenvalue weighted by Crippen LogP contribution is -2.29. The van der Waals surface area contributed by atoms with Crippen LogP contribution >= 0.6 is 0 Å². The molecule has 0 saturated heterocycles. The summed E-state index contributed by atoms with van der Waals surface area (Å²) in [5.41, 5.74) is 0.763. The minimum absolute atomic E-state index is 0.0278. The summed E-state index contributed by atoms with van der Waals surface area (Å²) >= 11 is 0. The third kappa shape index (κ3) is 6.46. The number of hydrogen-bond acceptors (Lipinski definition) is 5. The van der Waals surface area contributed by atoms with Crippen molar-refractivity contribution < 1.29 is 18.8 Å². The highest BCUT2D eigenvalue weighted by Gasteiger charge is 2.04. The molecule has 1 amide bonds. The van der Waals surface area contributed by atoms with Gasteiger partial charge < -0.3 is 15.4 Å². The van der Waals surface area contributed by atoms with E-state index >= 15 is 0 Å². The van der Waals surface area contributed by atoms with Crippen molar-refractivity contribution in [3.8, 4) is 5.75 Å². The van der Waals surface area contributed by atoms with Crippen LogP contribution in [0.15, 0.2) is 48.5 Å². The maximum atomic E-state index is 12.7. The first kappa shape index (κ1) is 18.2. The largest absolute Gasteiger partial charge is 0.493 e. The number of rotatable bonds is 9. The second kappa shape index (κ2) is 9.21. The normalized spacial score (nSPS) is 10.1. The van der Waals surface area contributed by atoms with Gasteiger partial charge in [0, 0.05) is 30.9 Å². The minimum atomic E-state index is -0.460. The molecule has 0 radical (unpaired) electrons. The predicted octanol–water partition coefficient (Wildman–Crippen LogP) is 2.73. The van der Waals surface area contributed by atoms with E-state index in [4.69, 9.17) is 4.74 Å². The van der Waals surface area contributed by atoms with Gasteiger partial charge in [0.1, 0.15) is 11.6 Å². The van der Waals surface area contributed by atoms with Gasteiger partial charge in [0.05, 0.1) is 18.0 Å². The van der Waals surface area contributed by atoms with Crippen molar-refractivity contribution in [3.05, 3.63) is 64.5 Å². The number of halogens is 1. The van der Waals surface area contributed by atoms with Gasteiger partial charge in [-0.25, -0.2) is 4.39 Å². The number of nitro groups is 1. The number of nitrogens with zero attached hydrogens (tertiary/aromatic N) is 1. The van der Waals surface area contributed by atoms with Gasteiger partial charge in [-0.05, 0) is 36.4 Å². The van der Waals surface area contributed by atoms with Gasteiger partial charge in [-0.1, -0.05) is 0 Å². The van der Waals surface area contributed by atoms with Crippen LogP contribution in [0.3, 0.4) is 0 Å². The predicted molar refractivity (Wildman–Crippen MR) is 91.1 cm³/mol. The van der Waals surface area contributed by atoms with E-state index in [2.05, 4.69) is 10.6 Å². The first-order valence-electron chi connectivity index (χ1n) is 7.68. The molecule has 0 spiro atoms. The van der Waals surface area contributed by atoms with Crippen molar-refractivity contribution in [2.24, 2.45) is 0 Å². The quantitative estimate of drug-likeness (QED) is 0.413. The van der Waals surface area contributed by atoms with Crippen molar-refractivity contribution in [3.63, 3.8) is 0 Å². The van der Waals surface area contributed by atoms with Crippen molar-refractivity contribution >= 4 is 17.3 Å². The molecule has 0 heterocycles. The molecule has 7 nitrogen and oxygen atoms in total. The zero-order valence-corrected chi connectivity index (χ0v) is 13.4. The topological polar surface area (TPSA) is 93.5 Å². The Balaban J connectivity index is 1.58. The van der Waals surface area contributed by atoms with Crippen molar-refractivity contribution in [2.75, 3.05) is 25.0 Å². The van der Waals surface area contributed by atoms with Gasteiger partial charge in [-0.15, -0.1) is 0 Å². The molecule has 2 rings (SSSR count). The molecule has 0 unspecified atom stereocenters. The van der Waals surface area contributed by atoms with E-state index in [1.54, 1.807) is 12.1 Å². The second-order valence-corrected chi connectivity index (χ2v) is 5.13. The number of nitro benzene ring substituents is 1. The Morgan fingerprint density at radius 1 is 1.08 bits per heavy atom. The molecule has 0 aliphatic rings. The third-order valence-electron chi connectivity index (χ3n) is 3.27. The molecule has 0 bridgehead atoms. The Hall–Kier alpha value is -3.16. The van der Waals surface area contributed by atoms with Crippen LogP contribution in [0.5, 0.6) is 5.75 Å². The third-order valence-corrected chi connectivity index (χ3v) is 3.27. The molecule has 2 aromatic rings. The first-order chi connectivity index (χ1) is 12.0. The molecular formula is C17H18FN3O4. The summed E-state index contributed by atoms with van der Waals surface area (Å²) in [6.45, 7) is 1.10. The lowest BCUT2D eigenvalue weighted by molar-refractivity contribution is -0.384. The number of amides is 1. The number of benzene rings is 2. The molecular weight excluding hydrogens is 329 g/mol. The monoisotopic (exact) mass is 347 g/mol. The Morgan fingerprint density at radius 2 is 1.76 bits per heavy atom. The standard InChI is InChI=1S/C17H18FN3O4/c18-13-1-7-16(8-2-13)25-12-9-17(22)20-11-10-19-14-3-5-15(6-4-14)21(23)24/h1-8,19H,9-12H2,(H,20,22). The van der Waals surface area contributed by atoms with Crippen LogP contribution in [0.25, 0.3) is 0 Å². The molecule has 0 aliphatic carbocycles. The molecule has 0 saturated carbocycles. The average molecular weight is 347 g/mol. The SMILES string of the molecule is O=C(CCOc1ccc(F)cc1)NCCNc1ccc([N+](=O)[O-])cc1. The summed E-state index contributed by atoms with van der Waals surface area (Å²) in [4.78, 5) is 21.8. The minimum Gasteiger partial charge on any atom is -0.493 e. The van der Waals surface area contributed by atoms with Crippen LogP contribution < -0.4 is 15.4 Å². The molecule has 132 valence electrons. The molecule has 8 heteroatoms. The number of anilines is 1. The van der Waals surface area contributed by atoms with Gasteiger partial charge >= 0.3 is 0 Å². The lowest BCUT2D eigenvalue weighted by Gasteiger charge is -2.09. The molecule has 2 aromatic carbocycles. The van der Waals surface area contributed by atoms with E-state index in [-0.39, 0.29) is 30.4 Å². The van der Waals surface area contributed by atoms with Gasteiger partial charge in [-0.2, -0.15) is 0 Å². The summed E-state index contributed by atoms with van der Waals surface area (Å²) in [5, 5.41) is 16.3. The smallest absolute Gasteiger partial charge is 0.269 e. The van der Waals surface area contributed by atoms with E-state index in [9.17, 15) is 19.3 Å². The number of ether oxygens (including phenoxy) is 1. The lowest BCUT2D eigenvalue weighted by atomic mass is 10.3. The van der Waals surface area contributed by atoms with Crippen molar-refractivity contribution in [1.29, 1.82) is 0 Å². The zero-order valence-electron chi connectivity index (χ0n) is 13.4. The first-order valence-corrected chi connectivity index (χ1v) is 7.68. The fraction of sp³-hybridized carbons (Fsp3) is 0.235. The van der Waals surface area contributed by atoms with Crippen LogP contribution in [0.4, 0.5) is 15.8 Å². The number of carbonyl (C=O) groups excluding carboxylic acids is 1. The van der Waals surface area contributed by atoms with E-state index in [1.165, 1.54) is 36.4 Å². The molecule has 0 aliphatic heterocycles. The number of hydrogen-bond donors (Lipinski definition) is 2. The fourth-order valence-electron chi connectivity index (χ4n) is 1.99. The summed E-state index contributed by atoms with van der Waals surface area (Å²) in [6.07, 6.45) is 0.189. The highest BCUT2D eigenvalue weighted by atomic mass is 19.1. The van der Waals surface area contributed by atoms with Crippen LogP contribution in [0, 0.1) is 15.9 Å². The Morgan fingerprint density at radius 3 is 2.40 bits per heavy atom. The zero-order chi connectivity index (χ0) is 18.1. The summed E-state index contributed by atoms with van der Waals surface area (Å²) in [5.74, 6) is 0.00673. The van der Waals surface area contributed by atoms with Crippen LogP contribution in [-0.4, -0.2) is 30.5 Å². The van der Waals surface area contributed by atoms with Gasteiger partial charge in [0.2, 0.25) is 5.91 Å². The molecule has 0 fully saturated rings. The van der Waals surface area contributed by atoms with Crippen LogP contribution in [0.1, 0.15) is 6.42 Å². The van der Waals surface area contributed by atoms with E-state index in [0.29, 0.717) is 18.8 Å². The summed E-state index contributed by atoms with van der Waals surface area (Å²) in [6, 6.07) is 11.6. The van der Waals surface area contributed by atoms with Gasteiger partial charge in [0.25, 0.3) is 5.69 Å². The maximum Gasteiger partial charge on any atom is 0.269 e. The number of non-ortho nitro benzene ring substituents is 1. The number of carbonyl (C=O) groups is 1. The second-order valence-electron chi connectivity index (χ2n) is 5.13. The Bertz CT molecular complexity index is 705. The van der Waals surface area contributed by atoms with Crippen LogP contribution in [0.2, 0.25) is 0 Å². The Labute approximate surface area is 144 Å². The molecule has 0 atom stereocenters. The number of nitrogens with one attached hydrogen (secondary N) is 2. The highest BCUT2D eigenvalue weighted by Crippen LogP contribution is 2.15. The van der Waals surface area contributed by atoms with Crippen LogP contribution in [-0.2, 0) is 4.79 Å².